The van der Waals surface area contributed by atoms with Crippen LogP contribution < -0.4 is 0 Å². The molecule has 5 heteroatoms. The Morgan fingerprint density at radius 2 is 1.75 bits per heavy atom. The van der Waals surface area contributed by atoms with E-state index in [0.717, 1.165) is 31.4 Å². The van der Waals surface area contributed by atoms with Gasteiger partial charge in [-0.3, -0.25) is 4.90 Å². The molecule has 0 fully saturated rings. The number of hydrogen-bond acceptors (Lipinski definition) is 4. The van der Waals surface area contributed by atoms with Crippen molar-refractivity contribution in [3.05, 3.63) is 29.8 Å². The number of aliphatic hydroxyl groups is 1. The molecular formula is C15H25NO3S. The van der Waals surface area contributed by atoms with E-state index in [-0.39, 0.29) is 12.6 Å². The molecule has 1 unspecified atom stereocenters. The molecule has 1 rings (SSSR count). The molecule has 20 heavy (non-hydrogen) atoms. The number of unbranched alkanes of at least 4 members (excludes halogenated alkanes) is 2. The van der Waals surface area contributed by atoms with Crippen molar-refractivity contribution in [3.8, 4) is 0 Å². The lowest BCUT2D eigenvalue weighted by atomic mass is 10.1. The van der Waals surface area contributed by atoms with Gasteiger partial charge in [0.05, 0.1) is 4.90 Å². The number of benzene rings is 1. The number of rotatable bonds is 8. The maximum atomic E-state index is 11.4. The van der Waals surface area contributed by atoms with Gasteiger partial charge in [0.15, 0.2) is 9.84 Å². The average molecular weight is 299 g/mol. The third-order valence-electron chi connectivity index (χ3n) is 3.62. The van der Waals surface area contributed by atoms with E-state index < -0.39 is 9.84 Å². The first kappa shape index (κ1) is 17.1. The summed E-state index contributed by atoms with van der Waals surface area (Å²) in [6, 6.07) is 7.34. The lowest BCUT2D eigenvalue weighted by molar-refractivity contribution is 0.244. The van der Waals surface area contributed by atoms with E-state index in [1.807, 2.05) is 12.1 Å². The van der Waals surface area contributed by atoms with Crippen LogP contribution in [0.15, 0.2) is 29.2 Å². The van der Waals surface area contributed by atoms with Crippen molar-refractivity contribution in [2.24, 2.45) is 0 Å². The van der Waals surface area contributed by atoms with Gasteiger partial charge in [0.25, 0.3) is 0 Å². The van der Waals surface area contributed by atoms with Crippen LogP contribution >= 0.6 is 0 Å². The van der Waals surface area contributed by atoms with Gasteiger partial charge in [-0.1, -0.05) is 12.1 Å². The first-order valence-electron chi connectivity index (χ1n) is 6.97. The molecule has 0 spiro atoms. The fourth-order valence-corrected chi connectivity index (χ4v) is 2.72. The van der Waals surface area contributed by atoms with Crippen molar-refractivity contribution in [3.63, 3.8) is 0 Å². The van der Waals surface area contributed by atoms with E-state index in [1.165, 1.54) is 6.26 Å². The van der Waals surface area contributed by atoms with Crippen LogP contribution in [0.1, 0.15) is 37.8 Å². The second kappa shape index (κ2) is 7.76. The van der Waals surface area contributed by atoms with Gasteiger partial charge in [0.1, 0.15) is 0 Å². The molecule has 1 N–H and O–H groups in total. The minimum Gasteiger partial charge on any atom is -0.396 e. The number of hydrogen-bond donors (Lipinski definition) is 1. The van der Waals surface area contributed by atoms with Crippen LogP contribution in [0.5, 0.6) is 0 Å². The van der Waals surface area contributed by atoms with E-state index in [0.29, 0.717) is 4.90 Å². The first-order valence-corrected chi connectivity index (χ1v) is 8.86. The van der Waals surface area contributed by atoms with Crippen molar-refractivity contribution in [1.82, 2.24) is 4.90 Å². The summed E-state index contributed by atoms with van der Waals surface area (Å²) in [6.07, 6.45) is 4.16. The summed E-state index contributed by atoms with van der Waals surface area (Å²) in [5, 5.41) is 8.75. The van der Waals surface area contributed by atoms with Crippen LogP contribution in [0.4, 0.5) is 0 Å². The second-order valence-electron chi connectivity index (χ2n) is 5.28. The van der Waals surface area contributed by atoms with Crippen LogP contribution in [-0.4, -0.2) is 44.9 Å². The summed E-state index contributed by atoms with van der Waals surface area (Å²) >= 11 is 0. The standard InChI is InChI=1S/C15H25NO3S/c1-13(16(2)11-5-4-6-12-17)14-7-9-15(10-8-14)20(3,18)19/h7-10,13,17H,4-6,11-12H2,1-3H3. The molecular weight excluding hydrogens is 274 g/mol. The van der Waals surface area contributed by atoms with E-state index in [9.17, 15) is 8.42 Å². The van der Waals surface area contributed by atoms with Crippen molar-refractivity contribution in [2.45, 2.75) is 37.1 Å². The summed E-state index contributed by atoms with van der Waals surface area (Å²) < 4.78 is 22.8. The smallest absolute Gasteiger partial charge is 0.175 e. The van der Waals surface area contributed by atoms with Gasteiger partial charge in [-0.25, -0.2) is 8.42 Å². The SMILES string of the molecule is CC(c1ccc(S(C)(=O)=O)cc1)N(C)CCCCCO. The maximum Gasteiger partial charge on any atom is 0.175 e. The third-order valence-corrected chi connectivity index (χ3v) is 4.75. The minimum atomic E-state index is -3.12. The van der Waals surface area contributed by atoms with Crippen LogP contribution in [0, 0.1) is 0 Å². The lowest BCUT2D eigenvalue weighted by Gasteiger charge is -2.25. The van der Waals surface area contributed by atoms with Gasteiger partial charge < -0.3 is 5.11 Å². The van der Waals surface area contributed by atoms with Crippen LogP contribution in [0.3, 0.4) is 0 Å². The zero-order valence-corrected chi connectivity index (χ0v) is 13.4. The van der Waals surface area contributed by atoms with Gasteiger partial charge in [-0.2, -0.15) is 0 Å². The Balaban J connectivity index is 2.60. The van der Waals surface area contributed by atoms with Crippen LogP contribution in [-0.2, 0) is 9.84 Å². The van der Waals surface area contributed by atoms with Crippen LogP contribution in [0.25, 0.3) is 0 Å². The zero-order valence-electron chi connectivity index (χ0n) is 12.5. The normalized spacial score (nSPS) is 13.7. The average Bonchev–Trinajstić information content (AvgIpc) is 2.41. The molecule has 0 radical (unpaired) electrons. The molecule has 0 heterocycles. The fraction of sp³-hybridized carbons (Fsp3) is 0.600. The number of nitrogens with zero attached hydrogens (tertiary/aromatic N) is 1. The molecule has 0 amide bonds. The zero-order chi connectivity index (χ0) is 15.2. The third kappa shape index (κ3) is 5.23. The monoisotopic (exact) mass is 299 g/mol. The molecule has 1 atom stereocenters. The highest BCUT2D eigenvalue weighted by atomic mass is 32.2. The quantitative estimate of drug-likeness (QED) is 0.748. The Bertz CT molecular complexity index is 496. The van der Waals surface area contributed by atoms with Gasteiger partial charge in [0, 0.05) is 18.9 Å². The Hall–Kier alpha value is -0.910. The van der Waals surface area contributed by atoms with Gasteiger partial charge in [-0.05, 0) is 57.5 Å². The molecule has 0 saturated heterocycles. The van der Waals surface area contributed by atoms with E-state index in [1.54, 1.807) is 12.1 Å². The predicted octanol–water partition coefficient (Wildman–Crippen LogP) is 2.25. The number of aliphatic hydroxyl groups excluding tert-OH is 1. The van der Waals surface area contributed by atoms with Crippen LogP contribution in [0.2, 0.25) is 0 Å². The summed E-state index contributed by atoms with van der Waals surface area (Å²) in [7, 11) is -1.06. The predicted molar refractivity (Wildman–Crippen MR) is 81.5 cm³/mol. The Morgan fingerprint density at radius 1 is 1.15 bits per heavy atom. The van der Waals surface area contributed by atoms with Gasteiger partial charge in [0.2, 0.25) is 0 Å². The van der Waals surface area contributed by atoms with Crippen molar-refractivity contribution < 1.29 is 13.5 Å². The maximum absolute atomic E-state index is 11.4. The Morgan fingerprint density at radius 3 is 2.25 bits per heavy atom. The van der Waals surface area contributed by atoms with E-state index >= 15 is 0 Å². The largest absolute Gasteiger partial charge is 0.396 e. The molecule has 0 aliphatic heterocycles. The first-order chi connectivity index (χ1) is 9.36. The molecule has 114 valence electrons. The molecule has 0 bridgehead atoms. The Kier molecular flexibility index (Phi) is 6.65. The highest BCUT2D eigenvalue weighted by Crippen LogP contribution is 2.21. The highest BCUT2D eigenvalue weighted by molar-refractivity contribution is 7.90. The minimum absolute atomic E-state index is 0.248. The van der Waals surface area contributed by atoms with Gasteiger partial charge in [-0.15, -0.1) is 0 Å². The molecule has 0 saturated carbocycles. The molecule has 0 aliphatic carbocycles. The number of sulfone groups is 1. The summed E-state index contributed by atoms with van der Waals surface area (Å²) in [5.74, 6) is 0. The van der Waals surface area contributed by atoms with Crippen molar-refractivity contribution >= 4 is 9.84 Å². The topological polar surface area (TPSA) is 57.6 Å². The fourth-order valence-electron chi connectivity index (χ4n) is 2.09. The summed E-state index contributed by atoms with van der Waals surface area (Å²) in [6.45, 7) is 3.34. The summed E-state index contributed by atoms with van der Waals surface area (Å²) in [5.41, 5.74) is 1.11. The van der Waals surface area contributed by atoms with E-state index in [4.69, 9.17) is 5.11 Å². The Labute approximate surface area is 122 Å². The second-order valence-corrected chi connectivity index (χ2v) is 7.30. The summed E-state index contributed by atoms with van der Waals surface area (Å²) in [4.78, 5) is 2.60. The lowest BCUT2D eigenvalue weighted by Crippen LogP contribution is -2.23. The molecule has 1 aromatic carbocycles. The van der Waals surface area contributed by atoms with Crippen molar-refractivity contribution in [1.29, 1.82) is 0 Å². The molecule has 1 aromatic rings. The molecule has 0 aliphatic rings. The molecule has 4 nitrogen and oxygen atoms in total. The van der Waals surface area contributed by atoms with Gasteiger partial charge >= 0.3 is 0 Å². The van der Waals surface area contributed by atoms with Crippen molar-refractivity contribution in [2.75, 3.05) is 26.5 Å². The highest BCUT2D eigenvalue weighted by Gasteiger charge is 2.13. The molecule has 0 aromatic heterocycles. The van der Waals surface area contributed by atoms with E-state index in [2.05, 4.69) is 18.9 Å².